The number of ketones is 1. The predicted molar refractivity (Wildman–Crippen MR) is 132 cm³/mol. The lowest BCUT2D eigenvalue weighted by molar-refractivity contribution is -0.141. The molecule has 1 aliphatic heterocycles. The summed E-state index contributed by atoms with van der Waals surface area (Å²) in [5, 5.41) is 11.9. The molecule has 0 bridgehead atoms. The standard InChI is InChI=1S/C26H27Cl2NO5/c1-3-12-34-18-10-8-15(9-11-18)22-21(24(31)26(32)29(22)17-6-4-5-7-17)23(30)19-13-16(27)14-20(28)25(19)33-2/h8-11,13-14,17,22,30H,3-7,12H2,1-2H3/b23-21+. The van der Waals surface area contributed by atoms with Gasteiger partial charge in [-0.15, -0.1) is 0 Å². The number of nitrogens with zero attached hydrogens (tertiary/aromatic N) is 1. The van der Waals surface area contributed by atoms with Gasteiger partial charge in [0.25, 0.3) is 11.7 Å². The van der Waals surface area contributed by atoms with Gasteiger partial charge in [0.05, 0.1) is 35.9 Å². The highest BCUT2D eigenvalue weighted by Gasteiger charge is 2.49. The van der Waals surface area contributed by atoms with Crippen LogP contribution < -0.4 is 9.47 Å². The lowest BCUT2D eigenvalue weighted by atomic mass is 9.94. The SMILES string of the molecule is CCCOc1ccc(C2/C(=C(\O)c3cc(Cl)cc(Cl)c3OC)C(=O)C(=O)N2C2CCCC2)cc1. The molecule has 2 aromatic carbocycles. The number of aliphatic hydroxyl groups is 1. The molecule has 2 aliphatic rings. The highest BCUT2D eigenvalue weighted by molar-refractivity contribution is 6.47. The Morgan fingerprint density at radius 1 is 1.12 bits per heavy atom. The largest absolute Gasteiger partial charge is 0.507 e. The summed E-state index contributed by atoms with van der Waals surface area (Å²) in [7, 11) is 1.41. The van der Waals surface area contributed by atoms with Gasteiger partial charge in [0.2, 0.25) is 0 Å². The van der Waals surface area contributed by atoms with Crippen molar-refractivity contribution in [3.63, 3.8) is 0 Å². The van der Waals surface area contributed by atoms with Crippen molar-refractivity contribution in [3.8, 4) is 11.5 Å². The monoisotopic (exact) mass is 503 g/mol. The van der Waals surface area contributed by atoms with E-state index in [2.05, 4.69) is 0 Å². The van der Waals surface area contributed by atoms with E-state index in [9.17, 15) is 14.7 Å². The first-order valence-corrected chi connectivity index (χ1v) is 12.2. The van der Waals surface area contributed by atoms with Crippen molar-refractivity contribution >= 4 is 40.7 Å². The molecular formula is C26H27Cl2NO5. The lowest BCUT2D eigenvalue weighted by Gasteiger charge is -2.31. The fourth-order valence-corrected chi connectivity index (χ4v) is 5.36. The number of carbonyl (C=O) groups is 2. The van der Waals surface area contributed by atoms with Crippen LogP contribution in [-0.2, 0) is 9.59 Å². The number of methoxy groups -OCH3 is 1. The minimum atomic E-state index is -0.745. The third-order valence-corrected chi connectivity index (χ3v) is 6.83. The third-order valence-electron chi connectivity index (χ3n) is 6.33. The second kappa shape index (κ2) is 10.3. The van der Waals surface area contributed by atoms with Crippen molar-refractivity contribution < 1.29 is 24.2 Å². The molecule has 2 fully saturated rings. The smallest absolute Gasteiger partial charge is 0.295 e. The minimum absolute atomic E-state index is 0.00393. The van der Waals surface area contributed by atoms with E-state index in [1.54, 1.807) is 4.90 Å². The van der Waals surface area contributed by atoms with Crippen LogP contribution in [0, 0.1) is 0 Å². The summed E-state index contributed by atoms with van der Waals surface area (Å²) < 4.78 is 11.1. The number of hydrogen-bond donors (Lipinski definition) is 1. The Labute approximate surface area is 209 Å². The minimum Gasteiger partial charge on any atom is -0.507 e. The Hall–Kier alpha value is -2.70. The number of ether oxygens (including phenoxy) is 2. The van der Waals surface area contributed by atoms with Gasteiger partial charge in [0.15, 0.2) is 0 Å². The highest BCUT2D eigenvalue weighted by Crippen LogP contribution is 2.46. The van der Waals surface area contributed by atoms with Crippen LogP contribution in [0.2, 0.25) is 10.0 Å². The first-order chi connectivity index (χ1) is 16.4. The quantitative estimate of drug-likeness (QED) is 0.278. The number of carbonyl (C=O) groups excluding carboxylic acids is 2. The van der Waals surface area contributed by atoms with Crippen molar-refractivity contribution in [1.82, 2.24) is 4.90 Å². The van der Waals surface area contributed by atoms with Crippen LogP contribution in [0.5, 0.6) is 11.5 Å². The Kier molecular flexibility index (Phi) is 7.39. The number of benzene rings is 2. The summed E-state index contributed by atoms with van der Waals surface area (Å²) in [6, 6.07) is 9.44. The van der Waals surface area contributed by atoms with Crippen LogP contribution >= 0.6 is 23.2 Å². The fraction of sp³-hybridized carbons (Fsp3) is 0.385. The highest BCUT2D eigenvalue weighted by atomic mass is 35.5. The Balaban J connectivity index is 1.87. The predicted octanol–water partition coefficient (Wildman–Crippen LogP) is 6.16. The molecule has 4 rings (SSSR count). The molecule has 1 aliphatic carbocycles. The molecule has 1 atom stereocenters. The molecule has 1 heterocycles. The molecule has 0 radical (unpaired) electrons. The maximum absolute atomic E-state index is 13.3. The normalized spacial score (nSPS) is 20.2. The van der Waals surface area contributed by atoms with E-state index in [-0.39, 0.29) is 38.7 Å². The van der Waals surface area contributed by atoms with Gasteiger partial charge in [0, 0.05) is 11.1 Å². The summed E-state index contributed by atoms with van der Waals surface area (Å²) in [6.07, 6.45) is 4.48. The van der Waals surface area contributed by atoms with E-state index in [1.807, 2.05) is 31.2 Å². The average Bonchev–Trinajstić information content (AvgIpc) is 3.44. The molecule has 6 nitrogen and oxygen atoms in total. The van der Waals surface area contributed by atoms with Crippen LogP contribution in [0.1, 0.15) is 56.2 Å². The molecule has 1 saturated heterocycles. The Morgan fingerprint density at radius 2 is 1.79 bits per heavy atom. The van der Waals surface area contributed by atoms with E-state index in [0.29, 0.717) is 17.9 Å². The Bertz CT molecular complexity index is 1120. The maximum Gasteiger partial charge on any atom is 0.295 e. The van der Waals surface area contributed by atoms with Crippen LogP contribution in [-0.4, -0.2) is 41.5 Å². The van der Waals surface area contributed by atoms with Crippen molar-refractivity contribution in [1.29, 1.82) is 0 Å². The van der Waals surface area contributed by atoms with Crippen LogP contribution in [0.15, 0.2) is 42.0 Å². The molecule has 1 unspecified atom stereocenters. The molecule has 1 N–H and O–H groups in total. The van der Waals surface area contributed by atoms with Crippen molar-refractivity contribution in [2.45, 2.75) is 51.1 Å². The zero-order chi connectivity index (χ0) is 24.4. The fourth-order valence-electron chi connectivity index (χ4n) is 4.79. The van der Waals surface area contributed by atoms with Gasteiger partial charge in [0.1, 0.15) is 17.3 Å². The summed E-state index contributed by atoms with van der Waals surface area (Å²) in [5.41, 5.74) is 0.872. The number of Topliss-reactive ketones (excluding diaryl/α,β-unsaturated/α-hetero) is 1. The number of likely N-dealkylation sites (tertiary alicyclic amines) is 1. The molecule has 1 saturated carbocycles. The number of hydrogen-bond acceptors (Lipinski definition) is 5. The van der Waals surface area contributed by atoms with Crippen molar-refractivity contribution in [3.05, 3.63) is 63.1 Å². The van der Waals surface area contributed by atoms with E-state index in [1.165, 1.54) is 19.2 Å². The van der Waals surface area contributed by atoms with E-state index in [0.717, 1.165) is 32.1 Å². The third kappa shape index (κ3) is 4.49. The second-order valence-corrected chi connectivity index (χ2v) is 9.37. The molecule has 2 aromatic rings. The number of amides is 1. The van der Waals surface area contributed by atoms with Crippen LogP contribution in [0.3, 0.4) is 0 Å². The van der Waals surface area contributed by atoms with E-state index >= 15 is 0 Å². The number of aliphatic hydroxyl groups excluding tert-OH is 1. The van der Waals surface area contributed by atoms with E-state index in [4.69, 9.17) is 32.7 Å². The lowest BCUT2D eigenvalue weighted by Crippen LogP contribution is -2.37. The van der Waals surface area contributed by atoms with Crippen LogP contribution in [0.25, 0.3) is 5.76 Å². The molecule has 0 aromatic heterocycles. The summed E-state index contributed by atoms with van der Waals surface area (Å²) in [6.45, 7) is 2.62. The summed E-state index contributed by atoms with van der Waals surface area (Å²) in [5.74, 6) is -0.837. The zero-order valence-corrected chi connectivity index (χ0v) is 20.7. The van der Waals surface area contributed by atoms with Gasteiger partial charge in [-0.05, 0) is 49.1 Å². The molecular weight excluding hydrogens is 477 g/mol. The van der Waals surface area contributed by atoms with Gasteiger partial charge >= 0.3 is 0 Å². The van der Waals surface area contributed by atoms with Gasteiger partial charge < -0.3 is 19.5 Å². The summed E-state index contributed by atoms with van der Waals surface area (Å²) in [4.78, 5) is 28.2. The zero-order valence-electron chi connectivity index (χ0n) is 19.1. The number of halogens is 2. The maximum atomic E-state index is 13.3. The summed E-state index contributed by atoms with van der Waals surface area (Å²) >= 11 is 12.5. The number of rotatable bonds is 7. The topological polar surface area (TPSA) is 76.1 Å². The van der Waals surface area contributed by atoms with Crippen molar-refractivity contribution in [2.24, 2.45) is 0 Å². The first-order valence-electron chi connectivity index (χ1n) is 11.4. The van der Waals surface area contributed by atoms with Gasteiger partial charge in [-0.25, -0.2) is 0 Å². The molecule has 8 heteroatoms. The van der Waals surface area contributed by atoms with Crippen LogP contribution in [0.4, 0.5) is 0 Å². The molecule has 34 heavy (non-hydrogen) atoms. The first kappa shape index (κ1) is 24.4. The molecule has 180 valence electrons. The van der Waals surface area contributed by atoms with Gasteiger partial charge in [-0.1, -0.05) is 55.1 Å². The van der Waals surface area contributed by atoms with Crippen molar-refractivity contribution in [2.75, 3.05) is 13.7 Å². The van der Waals surface area contributed by atoms with Gasteiger partial charge in [-0.2, -0.15) is 0 Å². The van der Waals surface area contributed by atoms with Gasteiger partial charge in [-0.3, -0.25) is 9.59 Å². The molecule has 1 amide bonds. The van der Waals surface area contributed by atoms with E-state index < -0.39 is 17.7 Å². The average molecular weight is 504 g/mol. The Morgan fingerprint density at radius 3 is 2.41 bits per heavy atom. The second-order valence-electron chi connectivity index (χ2n) is 8.53. The molecule has 0 spiro atoms.